The van der Waals surface area contributed by atoms with Gasteiger partial charge in [0.15, 0.2) is 0 Å². The van der Waals surface area contributed by atoms with Gasteiger partial charge in [-0.1, -0.05) is 0 Å². The van der Waals surface area contributed by atoms with E-state index in [2.05, 4.69) is 71.5 Å². The molecule has 7 aromatic rings. The van der Waals surface area contributed by atoms with Crippen molar-refractivity contribution in [1.29, 1.82) is 0 Å². The first-order valence-corrected chi connectivity index (χ1v) is 14.0. The number of pyridine rings is 3. The van der Waals surface area contributed by atoms with Crippen molar-refractivity contribution in [2.75, 3.05) is 4.90 Å². The number of benzene rings is 2. The summed E-state index contributed by atoms with van der Waals surface area (Å²) < 4.78 is 4.30. The fourth-order valence-electron chi connectivity index (χ4n) is 4.70. The van der Waals surface area contributed by atoms with Crippen LogP contribution in [-0.2, 0) is 0 Å². The minimum absolute atomic E-state index is 0.129. The van der Waals surface area contributed by atoms with Gasteiger partial charge in [0, 0.05) is 0 Å². The number of rotatable bonds is 5. The molecule has 6 nitrogen and oxygen atoms in total. The second kappa shape index (κ2) is 9.38. The summed E-state index contributed by atoms with van der Waals surface area (Å²) in [6, 6.07) is 35.1. The summed E-state index contributed by atoms with van der Waals surface area (Å²) in [6.07, 6.45) is 3.65. The number of aryl methyl sites for hydroxylation is 1. The third-order valence-electron chi connectivity index (χ3n) is 6.45. The Morgan fingerprint density at radius 1 is 0.684 bits per heavy atom. The van der Waals surface area contributed by atoms with Crippen LogP contribution in [0.2, 0.25) is 0 Å². The van der Waals surface area contributed by atoms with Gasteiger partial charge >= 0.3 is 226 Å². The van der Waals surface area contributed by atoms with Gasteiger partial charge in [0.2, 0.25) is 0 Å². The molecule has 5 aromatic heterocycles. The Bertz CT molecular complexity index is 1890. The van der Waals surface area contributed by atoms with Crippen molar-refractivity contribution in [3.05, 3.63) is 121 Å². The van der Waals surface area contributed by atoms with E-state index in [1.165, 1.54) is 19.4 Å². The van der Waals surface area contributed by atoms with Crippen molar-refractivity contribution in [2.24, 2.45) is 0 Å². The van der Waals surface area contributed by atoms with Gasteiger partial charge in [-0.15, -0.1) is 0 Å². The molecule has 5 heterocycles. The number of fused-ring (bicyclic) bond motifs is 3. The molecular weight excluding hydrogens is 535 g/mol. The maximum absolute atomic E-state index is 5.20. The van der Waals surface area contributed by atoms with Gasteiger partial charge in [-0.2, -0.15) is 0 Å². The number of nitrogens with zero attached hydrogens (tertiary/aromatic N) is 6. The van der Waals surface area contributed by atoms with E-state index in [1.807, 2.05) is 54.7 Å². The molecule has 0 aliphatic heterocycles. The van der Waals surface area contributed by atoms with Gasteiger partial charge in [0.25, 0.3) is 0 Å². The van der Waals surface area contributed by atoms with Crippen molar-refractivity contribution in [2.45, 2.75) is 6.92 Å². The van der Waals surface area contributed by atoms with E-state index in [-0.39, 0.29) is 14.5 Å². The Kier molecular flexibility index (Phi) is 5.58. The average Bonchev–Trinajstić information content (AvgIpc) is 3.62. The summed E-state index contributed by atoms with van der Waals surface area (Å²) in [5.41, 5.74) is 4.14. The van der Waals surface area contributed by atoms with Crippen molar-refractivity contribution in [3.63, 3.8) is 0 Å². The molecule has 0 saturated heterocycles. The molecule has 182 valence electrons. The van der Waals surface area contributed by atoms with Crippen LogP contribution in [0.25, 0.3) is 36.5 Å². The third kappa shape index (κ3) is 3.98. The number of anilines is 3. The van der Waals surface area contributed by atoms with Crippen LogP contribution in [0.5, 0.6) is 0 Å². The predicted octanol–water partition coefficient (Wildman–Crippen LogP) is 6.87. The van der Waals surface area contributed by atoms with E-state index in [9.17, 15) is 0 Å². The molecule has 0 fully saturated rings. The van der Waals surface area contributed by atoms with Gasteiger partial charge in [-0.3, -0.25) is 0 Å². The molecular formula is C31H22N6Se. The monoisotopic (exact) mass is 558 g/mol. The molecule has 38 heavy (non-hydrogen) atoms. The molecule has 7 heteroatoms. The Balaban J connectivity index is 1.39. The van der Waals surface area contributed by atoms with E-state index in [1.54, 1.807) is 10.9 Å². The third-order valence-corrected chi connectivity index (χ3v) is 8.85. The zero-order valence-corrected chi connectivity index (χ0v) is 22.3. The second-order valence-corrected chi connectivity index (χ2v) is 11.0. The first kappa shape index (κ1) is 22.6. The molecule has 0 spiro atoms. The summed E-state index contributed by atoms with van der Waals surface area (Å²) in [6.45, 7) is 2.05. The summed E-state index contributed by atoms with van der Waals surface area (Å²) in [5, 5.41) is 6.87. The van der Waals surface area contributed by atoms with E-state index >= 15 is 0 Å². The summed E-state index contributed by atoms with van der Waals surface area (Å²) in [4.78, 5) is 17.1. The predicted molar refractivity (Wildman–Crippen MR) is 154 cm³/mol. The molecule has 2 aromatic carbocycles. The number of para-hydroxylation sites is 1. The van der Waals surface area contributed by atoms with E-state index in [0.29, 0.717) is 0 Å². The van der Waals surface area contributed by atoms with Crippen molar-refractivity contribution in [1.82, 2.24) is 24.7 Å². The summed E-state index contributed by atoms with van der Waals surface area (Å²) in [5.74, 6) is 2.31. The van der Waals surface area contributed by atoms with Crippen LogP contribution in [0, 0.1) is 6.92 Å². The fraction of sp³-hybridized carbons (Fsp3) is 0.0323. The van der Waals surface area contributed by atoms with Gasteiger partial charge in [-0.25, -0.2) is 0 Å². The zero-order valence-electron chi connectivity index (χ0n) is 20.6. The average molecular weight is 558 g/mol. The van der Waals surface area contributed by atoms with Crippen LogP contribution in [0.15, 0.2) is 116 Å². The van der Waals surface area contributed by atoms with Crippen LogP contribution >= 0.6 is 0 Å². The van der Waals surface area contributed by atoms with Crippen molar-refractivity contribution >= 4 is 51.2 Å². The van der Waals surface area contributed by atoms with Crippen LogP contribution in [0.1, 0.15) is 5.69 Å². The van der Waals surface area contributed by atoms with Crippen LogP contribution in [-0.4, -0.2) is 39.2 Å². The molecule has 0 N–H and O–H groups in total. The minimum atomic E-state index is 0.129. The Morgan fingerprint density at radius 3 is 2.34 bits per heavy atom. The Labute approximate surface area is 225 Å². The maximum atomic E-state index is 5.20. The molecule has 0 aliphatic carbocycles. The van der Waals surface area contributed by atoms with Crippen LogP contribution < -0.4 is 4.90 Å². The van der Waals surface area contributed by atoms with Gasteiger partial charge in [0.1, 0.15) is 0 Å². The Morgan fingerprint density at radius 2 is 1.50 bits per heavy atom. The van der Waals surface area contributed by atoms with E-state index in [0.717, 1.165) is 40.1 Å². The topological polar surface area (TPSA) is 59.7 Å². The van der Waals surface area contributed by atoms with Crippen LogP contribution in [0.4, 0.5) is 17.3 Å². The molecule has 0 saturated carbocycles. The molecule has 0 aliphatic rings. The first-order valence-electron chi connectivity index (χ1n) is 12.3. The first-order chi connectivity index (χ1) is 18.7. The molecule has 7 rings (SSSR count). The quantitative estimate of drug-likeness (QED) is 0.216. The van der Waals surface area contributed by atoms with E-state index in [4.69, 9.17) is 15.0 Å². The number of hydrogen-bond acceptors (Lipinski definition) is 5. The van der Waals surface area contributed by atoms with Crippen molar-refractivity contribution < 1.29 is 0 Å². The number of hydrogen-bond donors (Lipinski definition) is 0. The number of aromatic nitrogens is 5. The molecule has 0 unspecified atom stereocenters. The summed E-state index contributed by atoms with van der Waals surface area (Å²) >= 11 is 0.129. The molecule has 0 radical (unpaired) electrons. The van der Waals surface area contributed by atoms with Gasteiger partial charge in [0.05, 0.1) is 0 Å². The normalized spacial score (nSPS) is 11.3. The Hall–Kier alpha value is -4.58. The van der Waals surface area contributed by atoms with Crippen LogP contribution in [0.3, 0.4) is 0 Å². The SMILES string of the molecule is Cc1ccc2c(n1)[se]c1c(-c3cccc(N(c4ccccc4)c4cccc(-n5cccn5)n4)n3)cccc12. The second-order valence-electron chi connectivity index (χ2n) is 8.95. The standard InChI is InChI=1S/C31H22N6Se/c1-21-17-18-24-23-11-5-12-25(30(23)38-31(24)33-21)26-13-6-15-28(34-26)37(22-9-3-2-4-10-22)29-16-7-14-27(35-29)36-20-8-19-32-36/h2-20H,1H3. The molecule has 0 bridgehead atoms. The van der Waals surface area contributed by atoms with Gasteiger partial charge < -0.3 is 0 Å². The fourth-order valence-corrected chi connectivity index (χ4v) is 7.30. The van der Waals surface area contributed by atoms with E-state index < -0.39 is 0 Å². The molecule has 0 amide bonds. The zero-order chi connectivity index (χ0) is 25.5. The molecule has 0 atom stereocenters. The van der Waals surface area contributed by atoms with Gasteiger partial charge in [-0.05, 0) is 0 Å². The summed E-state index contributed by atoms with van der Waals surface area (Å²) in [7, 11) is 0. The van der Waals surface area contributed by atoms with Crippen molar-refractivity contribution in [3.8, 4) is 17.1 Å².